The molecule has 1 saturated heterocycles. The van der Waals surface area contributed by atoms with E-state index in [1.54, 1.807) is 7.11 Å². The number of methoxy groups -OCH3 is 1. The van der Waals surface area contributed by atoms with Gasteiger partial charge in [0.05, 0.1) is 13.7 Å². The molecule has 2 heterocycles. The first-order valence-electron chi connectivity index (χ1n) is 11.6. The fourth-order valence-electron chi connectivity index (χ4n) is 4.12. The Morgan fingerprint density at radius 3 is 2.55 bits per heavy atom. The van der Waals surface area contributed by atoms with Crippen molar-refractivity contribution in [3.05, 3.63) is 65.5 Å². The molecule has 0 aliphatic carbocycles. The predicted octanol–water partition coefficient (Wildman–Crippen LogP) is 4.01. The van der Waals surface area contributed by atoms with Crippen LogP contribution in [0.3, 0.4) is 0 Å². The minimum atomic E-state index is 0.0816. The van der Waals surface area contributed by atoms with E-state index in [9.17, 15) is 4.79 Å². The van der Waals surface area contributed by atoms with Gasteiger partial charge in [0.15, 0.2) is 0 Å². The van der Waals surface area contributed by atoms with E-state index >= 15 is 0 Å². The van der Waals surface area contributed by atoms with Crippen LogP contribution in [0.5, 0.6) is 5.75 Å². The number of aromatic nitrogens is 2. The Morgan fingerprint density at radius 2 is 1.85 bits per heavy atom. The Morgan fingerprint density at radius 1 is 1.12 bits per heavy atom. The number of hydrogen-bond donors (Lipinski definition) is 1. The molecule has 1 amide bonds. The van der Waals surface area contributed by atoms with Crippen molar-refractivity contribution in [2.24, 2.45) is 5.92 Å². The molecule has 0 radical (unpaired) electrons. The maximum atomic E-state index is 12.5. The highest BCUT2D eigenvalue weighted by Gasteiger charge is 2.25. The van der Waals surface area contributed by atoms with Crippen molar-refractivity contribution in [2.45, 2.75) is 39.2 Å². The van der Waals surface area contributed by atoms with Gasteiger partial charge in [0.2, 0.25) is 17.6 Å². The van der Waals surface area contributed by atoms with Crippen molar-refractivity contribution < 1.29 is 14.1 Å². The molecule has 0 saturated carbocycles. The maximum Gasteiger partial charge on any atom is 0.241 e. The van der Waals surface area contributed by atoms with Gasteiger partial charge in [-0.1, -0.05) is 35.0 Å². The second-order valence-electron chi connectivity index (χ2n) is 8.67. The lowest BCUT2D eigenvalue weighted by atomic mass is 9.96. The first-order chi connectivity index (χ1) is 16.1. The molecule has 1 aliphatic rings. The highest BCUT2D eigenvalue weighted by atomic mass is 16.5. The monoisotopic (exact) mass is 448 g/mol. The summed E-state index contributed by atoms with van der Waals surface area (Å²) in [4.78, 5) is 19.3. The summed E-state index contributed by atoms with van der Waals surface area (Å²) in [6.45, 7) is 5.12. The number of rotatable bonds is 9. The smallest absolute Gasteiger partial charge is 0.241 e. The quantitative estimate of drug-likeness (QED) is 0.498. The number of benzene rings is 2. The summed E-state index contributed by atoms with van der Waals surface area (Å²) in [6.07, 6.45) is 3.65. The van der Waals surface area contributed by atoms with Crippen molar-refractivity contribution >= 4 is 5.91 Å². The van der Waals surface area contributed by atoms with Crippen LogP contribution in [0.2, 0.25) is 0 Å². The third kappa shape index (κ3) is 6.42. The topological polar surface area (TPSA) is 80.5 Å². The minimum Gasteiger partial charge on any atom is -0.497 e. The molecule has 1 aromatic heterocycles. The van der Waals surface area contributed by atoms with E-state index in [0.29, 0.717) is 18.3 Å². The van der Waals surface area contributed by atoms with Gasteiger partial charge < -0.3 is 14.6 Å². The number of hydrogen-bond acceptors (Lipinski definition) is 6. The third-order valence-corrected chi connectivity index (χ3v) is 6.20. The van der Waals surface area contributed by atoms with Crippen LogP contribution in [-0.2, 0) is 17.8 Å². The van der Waals surface area contributed by atoms with Crippen LogP contribution in [0.1, 0.15) is 36.3 Å². The summed E-state index contributed by atoms with van der Waals surface area (Å²) in [5.74, 6) is 2.23. The zero-order valence-electron chi connectivity index (χ0n) is 19.4. The van der Waals surface area contributed by atoms with E-state index in [0.717, 1.165) is 56.6 Å². The van der Waals surface area contributed by atoms with Gasteiger partial charge in [0.1, 0.15) is 5.75 Å². The largest absolute Gasteiger partial charge is 0.497 e. The first-order valence-corrected chi connectivity index (χ1v) is 11.6. The Hall–Kier alpha value is -3.19. The van der Waals surface area contributed by atoms with Crippen molar-refractivity contribution in [3.8, 4) is 17.1 Å². The summed E-state index contributed by atoms with van der Waals surface area (Å²) in [5, 5.41) is 7.22. The number of piperidine rings is 1. The van der Waals surface area contributed by atoms with Gasteiger partial charge in [-0.15, -0.1) is 0 Å². The highest BCUT2D eigenvalue weighted by Crippen LogP contribution is 2.22. The van der Waals surface area contributed by atoms with Crippen LogP contribution >= 0.6 is 0 Å². The number of carbonyl (C=O) groups is 1. The summed E-state index contributed by atoms with van der Waals surface area (Å²) >= 11 is 0. The predicted molar refractivity (Wildman–Crippen MR) is 127 cm³/mol. The number of aryl methyl sites for hydroxylation is 2. The average molecular weight is 449 g/mol. The van der Waals surface area contributed by atoms with E-state index in [1.807, 2.05) is 24.3 Å². The Labute approximate surface area is 195 Å². The highest BCUT2D eigenvalue weighted by molar-refractivity contribution is 5.78. The standard InChI is InChI=1S/C26H32N4O3/c1-19-5-7-20(8-6-19)4-3-15-27-26(31)22-13-16-30(17-14-22)18-24-28-25(29-33-24)21-9-11-23(32-2)12-10-21/h5-12,22H,3-4,13-18H2,1-2H3,(H,27,31). The Bertz CT molecular complexity index is 1020. The molecule has 7 nitrogen and oxygen atoms in total. The van der Waals surface area contributed by atoms with Crippen molar-refractivity contribution in [3.63, 3.8) is 0 Å². The van der Waals surface area contributed by atoms with Crippen LogP contribution in [0.4, 0.5) is 0 Å². The van der Waals surface area contributed by atoms with E-state index in [4.69, 9.17) is 9.26 Å². The molecular formula is C26H32N4O3. The SMILES string of the molecule is COc1ccc(-c2noc(CN3CCC(C(=O)NCCCc4ccc(C)cc4)CC3)n2)cc1. The van der Waals surface area contributed by atoms with Crippen LogP contribution in [0, 0.1) is 12.8 Å². The normalized spacial score (nSPS) is 14.8. The molecule has 1 fully saturated rings. The molecule has 1 aliphatic heterocycles. The Balaban J connectivity index is 1.17. The second-order valence-corrected chi connectivity index (χ2v) is 8.67. The summed E-state index contributed by atoms with van der Waals surface area (Å²) < 4.78 is 10.6. The van der Waals surface area contributed by atoms with Crippen molar-refractivity contribution in [2.75, 3.05) is 26.7 Å². The second kappa shape index (κ2) is 11.1. The van der Waals surface area contributed by atoms with Gasteiger partial charge in [-0.05, 0) is 75.5 Å². The van der Waals surface area contributed by atoms with Crippen LogP contribution in [0.15, 0.2) is 53.1 Å². The molecule has 3 aromatic rings. The van der Waals surface area contributed by atoms with Gasteiger partial charge in [-0.2, -0.15) is 4.98 Å². The number of nitrogens with zero attached hydrogens (tertiary/aromatic N) is 3. The van der Waals surface area contributed by atoms with Crippen LogP contribution in [0.25, 0.3) is 11.4 Å². The summed E-state index contributed by atoms with van der Waals surface area (Å²) in [6, 6.07) is 16.2. The molecule has 0 bridgehead atoms. The third-order valence-electron chi connectivity index (χ3n) is 6.20. The molecule has 0 unspecified atom stereocenters. The molecule has 7 heteroatoms. The van der Waals surface area contributed by atoms with E-state index in [-0.39, 0.29) is 11.8 Å². The molecule has 33 heavy (non-hydrogen) atoms. The molecule has 0 spiro atoms. The van der Waals surface area contributed by atoms with Gasteiger partial charge >= 0.3 is 0 Å². The fourth-order valence-corrected chi connectivity index (χ4v) is 4.12. The van der Waals surface area contributed by atoms with E-state index in [1.165, 1.54) is 11.1 Å². The van der Waals surface area contributed by atoms with Gasteiger partial charge in [-0.3, -0.25) is 9.69 Å². The zero-order valence-corrected chi connectivity index (χ0v) is 19.4. The van der Waals surface area contributed by atoms with Crippen molar-refractivity contribution in [1.82, 2.24) is 20.4 Å². The van der Waals surface area contributed by atoms with E-state index < -0.39 is 0 Å². The molecular weight excluding hydrogens is 416 g/mol. The van der Waals surface area contributed by atoms with Gasteiger partial charge in [0.25, 0.3) is 0 Å². The van der Waals surface area contributed by atoms with Crippen LogP contribution in [-0.4, -0.2) is 47.7 Å². The molecule has 0 atom stereocenters. The molecule has 174 valence electrons. The lowest BCUT2D eigenvalue weighted by Crippen LogP contribution is -2.40. The number of amides is 1. The number of nitrogens with one attached hydrogen (secondary N) is 1. The molecule has 2 aromatic carbocycles. The number of likely N-dealkylation sites (tertiary alicyclic amines) is 1. The average Bonchev–Trinajstić information content (AvgIpc) is 3.32. The maximum absolute atomic E-state index is 12.5. The van der Waals surface area contributed by atoms with Crippen molar-refractivity contribution in [1.29, 1.82) is 0 Å². The fraction of sp³-hybridized carbons (Fsp3) is 0.423. The zero-order chi connectivity index (χ0) is 23.0. The van der Waals surface area contributed by atoms with Gasteiger partial charge in [0, 0.05) is 18.0 Å². The summed E-state index contributed by atoms with van der Waals surface area (Å²) in [5.41, 5.74) is 3.48. The number of carbonyl (C=O) groups excluding carboxylic acids is 1. The minimum absolute atomic E-state index is 0.0816. The summed E-state index contributed by atoms with van der Waals surface area (Å²) in [7, 11) is 1.64. The van der Waals surface area contributed by atoms with Crippen LogP contribution < -0.4 is 10.1 Å². The van der Waals surface area contributed by atoms with Gasteiger partial charge in [-0.25, -0.2) is 0 Å². The number of ether oxygens (including phenoxy) is 1. The lowest BCUT2D eigenvalue weighted by molar-refractivity contribution is -0.126. The lowest BCUT2D eigenvalue weighted by Gasteiger charge is -2.30. The van der Waals surface area contributed by atoms with E-state index in [2.05, 4.69) is 51.5 Å². The Kier molecular flexibility index (Phi) is 7.73. The molecule has 4 rings (SSSR count). The first kappa shape index (κ1) is 23.0. The molecule has 1 N–H and O–H groups in total.